The summed E-state index contributed by atoms with van der Waals surface area (Å²) in [6, 6.07) is 12.5. The minimum atomic E-state index is -0.686. The fourth-order valence-corrected chi connectivity index (χ4v) is 3.87. The van der Waals surface area contributed by atoms with E-state index in [0.717, 1.165) is 50.9 Å². The predicted molar refractivity (Wildman–Crippen MR) is 105 cm³/mol. The molecule has 2 aliphatic rings. The lowest BCUT2D eigenvalue weighted by Crippen LogP contribution is -2.47. The Balaban J connectivity index is 1.38. The molecule has 0 amide bonds. The highest BCUT2D eigenvalue weighted by Gasteiger charge is 2.26. The highest BCUT2D eigenvalue weighted by Crippen LogP contribution is 2.25. The van der Waals surface area contributed by atoms with E-state index < -0.39 is 5.97 Å². The summed E-state index contributed by atoms with van der Waals surface area (Å²) in [4.78, 5) is 26.9. The number of carbonyl (C=O) groups is 1. The van der Waals surface area contributed by atoms with Gasteiger partial charge in [-0.2, -0.15) is 0 Å². The zero-order valence-corrected chi connectivity index (χ0v) is 15.4. The number of piperazine rings is 1. The summed E-state index contributed by atoms with van der Waals surface area (Å²) in [6.45, 7) is 5.24. The number of carboxylic acids is 1. The lowest BCUT2D eigenvalue weighted by atomic mass is 9.97. The van der Waals surface area contributed by atoms with Gasteiger partial charge in [0.2, 0.25) is 0 Å². The molecule has 4 rings (SSSR count). The Bertz CT molecular complexity index is 769. The van der Waals surface area contributed by atoms with Crippen LogP contribution in [-0.2, 0) is 4.79 Å². The van der Waals surface area contributed by atoms with E-state index in [9.17, 15) is 4.79 Å². The second-order valence-electron chi connectivity index (χ2n) is 7.14. The first kappa shape index (κ1) is 17.6. The zero-order chi connectivity index (χ0) is 18.6. The van der Waals surface area contributed by atoms with Crippen molar-refractivity contribution in [2.45, 2.75) is 12.8 Å². The molecule has 0 saturated carbocycles. The number of nitrogens with zero attached hydrogens (tertiary/aromatic N) is 5. The Hall–Kier alpha value is -2.83. The monoisotopic (exact) mass is 367 g/mol. The third-order valence-corrected chi connectivity index (χ3v) is 5.53. The van der Waals surface area contributed by atoms with Gasteiger partial charge in [-0.15, -0.1) is 0 Å². The molecule has 1 N–H and O–H groups in total. The van der Waals surface area contributed by atoms with Crippen molar-refractivity contribution in [3.63, 3.8) is 0 Å². The summed E-state index contributed by atoms with van der Waals surface area (Å²) < 4.78 is 0. The van der Waals surface area contributed by atoms with Gasteiger partial charge in [0.15, 0.2) is 0 Å². The van der Waals surface area contributed by atoms with Crippen LogP contribution in [0.25, 0.3) is 0 Å². The van der Waals surface area contributed by atoms with Gasteiger partial charge in [-0.1, -0.05) is 18.2 Å². The van der Waals surface area contributed by atoms with Crippen LogP contribution in [0.2, 0.25) is 0 Å². The van der Waals surface area contributed by atoms with Crippen molar-refractivity contribution in [3.05, 3.63) is 42.7 Å². The van der Waals surface area contributed by atoms with Crippen molar-refractivity contribution in [3.8, 4) is 0 Å². The fourth-order valence-electron chi connectivity index (χ4n) is 3.87. The molecule has 2 fully saturated rings. The van der Waals surface area contributed by atoms with Crippen LogP contribution >= 0.6 is 0 Å². The number of anilines is 3. The van der Waals surface area contributed by atoms with Crippen LogP contribution in [0.4, 0.5) is 17.3 Å². The maximum Gasteiger partial charge on any atom is 0.306 e. The van der Waals surface area contributed by atoms with Crippen molar-refractivity contribution in [1.29, 1.82) is 0 Å². The molecule has 1 aromatic carbocycles. The summed E-state index contributed by atoms with van der Waals surface area (Å²) in [7, 11) is 0. The van der Waals surface area contributed by atoms with Crippen LogP contribution in [0.15, 0.2) is 42.7 Å². The first-order valence-electron chi connectivity index (χ1n) is 9.55. The average Bonchev–Trinajstić information content (AvgIpc) is 2.75. The number of para-hydroxylation sites is 1. The topological polar surface area (TPSA) is 72.8 Å². The first-order valence-corrected chi connectivity index (χ1v) is 9.55. The van der Waals surface area contributed by atoms with Gasteiger partial charge >= 0.3 is 5.97 Å². The maximum atomic E-state index is 11.1. The summed E-state index contributed by atoms with van der Waals surface area (Å²) in [5, 5.41) is 9.16. The SMILES string of the molecule is O=C(O)C1CCN(c2cc(N3CCN(c4ccccc4)CC3)ncn2)CC1. The average molecular weight is 367 g/mol. The number of piperidine rings is 1. The van der Waals surface area contributed by atoms with Crippen LogP contribution in [0, 0.1) is 5.92 Å². The van der Waals surface area contributed by atoms with Gasteiger partial charge in [0, 0.05) is 51.0 Å². The fraction of sp³-hybridized carbons (Fsp3) is 0.450. The Morgan fingerprint density at radius 2 is 1.41 bits per heavy atom. The molecule has 7 nitrogen and oxygen atoms in total. The molecule has 0 radical (unpaired) electrons. The molecule has 27 heavy (non-hydrogen) atoms. The number of hydrogen-bond acceptors (Lipinski definition) is 6. The van der Waals surface area contributed by atoms with E-state index in [1.165, 1.54) is 5.69 Å². The molecule has 2 aromatic rings. The Labute approximate surface area is 159 Å². The normalized spacial score (nSPS) is 18.6. The van der Waals surface area contributed by atoms with Crippen LogP contribution in [0.1, 0.15) is 12.8 Å². The molecule has 1 aromatic heterocycles. The minimum Gasteiger partial charge on any atom is -0.481 e. The molecule has 7 heteroatoms. The molecule has 0 atom stereocenters. The van der Waals surface area contributed by atoms with Gasteiger partial charge in [0.25, 0.3) is 0 Å². The van der Waals surface area contributed by atoms with Crippen LogP contribution in [0.5, 0.6) is 0 Å². The Kier molecular flexibility index (Phi) is 5.09. The third kappa shape index (κ3) is 3.97. The van der Waals surface area contributed by atoms with Crippen molar-refractivity contribution in [1.82, 2.24) is 9.97 Å². The number of aromatic nitrogens is 2. The van der Waals surface area contributed by atoms with Gasteiger partial charge in [-0.3, -0.25) is 4.79 Å². The predicted octanol–water partition coefficient (Wildman–Crippen LogP) is 2.10. The first-order chi connectivity index (χ1) is 13.2. The minimum absolute atomic E-state index is 0.228. The highest BCUT2D eigenvalue weighted by atomic mass is 16.4. The molecule has 0 unspecified atom stereocenters. The van der Waals surface area contributed by atoms with E-state index in [1.807, 2.05) is 12.1 Å². The number of aliphatic carboxylic acids is 1. The van der Waals surface area contributed by atoms with E-state index in [1.54, 1.807) is 6.33 Å². The summed E-state index contributed by atoms with van der Waals surface area (Å²) in [5.74, 6) is 0.935. The summed E-state index contributed by atoms with van der Waals surface area (Å²) >= 11 is 0. The molecular formula is C20H25N5O2. The van der Waals surface area contributed by atoms with Gasteiger partial charge in [0.05, 0.1) is 5.92 Å². The largest absolute Gasteiger partial charge is 0.481 e. The summed E-state index contributed by atoms with van der Waals surface area (Å²) in [6.07, 6.45) is 2.96. The lowest BCUT2D eigenvalue weighted by Gasteiger charge is -2.37. The van der Waals surface area contributed by atoms with Crippen molar-refractivity contribution in [2.75, 3.05) is 54.0 Å². The van der Waals surface area contributed by atoms with E-state index in [4.69, 9.17) is 5.11 Å². The number of carboxylic acid groups (broad SMARTS) is 1. The second kappa shape index (κ2) is 7.82. The standard InChI is InChI=1S/C20H25N5O2/c26-20(27)16-6-8-24(9-7-16)18-14-19(22-15-21-18)25-12-10-23(11-13-25)17-4-2-1-3-5-17/h1-5,14-16H,6-13H2,(H,26,27). The van der Waals surface area contributed by atoms with Gasteiger partial charge < -0.3 is 19.8 Å². The maximum absolute atomic E-state index is 11.1. The Morgan fingerprint density at radius 1 is 0.852 bits per heavy atom. The van der Waals surface area contributed by atoms with Gasteiger partial charge in [-0.25, -0.2) is 9.97 Å². The smallest absolute Gasteiger partial charge is 0.306 e. The number of rotatable bonds is 4. The van der Waals surface area contributed by atoms with E-state index in [0.29, 0.717) is 12.8 Å². The molecule has 0 spiro atoms. The highest BCUT2D eigenvalue weighted by molar-refractivity contribution is 5.70. The van der Waals surface area contributed by atoms with Crippen LogP contribution < -0.4 is 14.7 Å². The van der Waals surface area contributed by atoms with Crippen molar-refractivity contribution < 1.29 is 9.90 Å². The lowest BCUT2D eigenvalue weighted by molar-refractivity contribution is -0.142. The number of hydrogen-bond donors (Lipinski definition) is 1. The van der Waals surface area contributed by atoms with Gasteiger partial charge in [0.1, 0.15) is 18.0 Å². The quantitative estimate of drug-likeness (QED) is 0.887. The van der Waals surface area contributed by atoms with Crippen molar-refractivity contribution in [2.24, 2.45) is 5.92 Å². The van der Waals surface area contributed by atoms with Crippen LogP contribution in [-0.4, -0.2) is 60.3 Å². The number of benzene rings is 1. The molecular weight excluding hydrogens is 342 g/mol. The molecule has 0 aliphatic carbocycles. The zero-order valence-electron chi connectivity index (χ0n) is 15.4. The van der Waals surface area contributed by atoms with E-state index >= 15 is 0 Å². The molecule has 142 valence electrons. The molecule has 2 aliphatic heterocycles. The van der Waals surface area contributed by atoms with E-state index in [2.05, 4.69) is 48.9 Å². The molecule has 3 heterocycles. The Morgan fingerprint density at radius 3 is 2.00 bits per heavy atom. The van der Waals surface area contributed by atoms with Crippen LogP contribution in [0.3, 0.4) is 0 Å². The van der Waals surface area contributed by atoms with Gasteiger partial charge in [-0.05, 0) is 25.0 Å². The van der Waals surface area contributed by atoms with E-state index in [-0.39, 0.29) is 5.92 Å². The summed E-state index contributed by atoms with van der Waals surface area (Å²) in [5.41, 5.74) is 1.27. The molecule has 0 bridgehead atoms. The third-order valence-electron chi connectivity index (χ3n) is 5.53. The molecule has 2 saturated heterocycles. The second-order valence-corrected chi connectivity index (χ2v) is 7.14. The van der Waals surface area contributed by atoms with Crippen molar-refractivity contribution >= 4 is 23.3 Å².